The van der Waals surface area contributed by atoms with E-state index in [-0.39, 0.29) is 17.9 Å². The minimum atomic E-state index is -0.144. The molecule has 0 saturated heterocycles. The first-order chi connectivity index (χ1) is 11.4. The number of hydrogen-bond donors (Lipinski definition) is 2. The number of benzene rings is 1. The Morgan fingerprint density at radius 3 is 2.71 bits per heavy atom. The molecule has 0 fully saturated rings. The van der Waals surface area contributed by atoms with Gasteiger partial charge in [0.1, 0.15) is 6.33 Å². The molecule has 0 bridgehead atoms. The summed E-state index contributed by atoms with van der Waals surface area (Å²) in [4.78, 5) is 17.2. The molecule has 126 valence electrons. The first kappa shape index (κ1) is 16.2. The van der Waals surface area contributed by atoms with Crippen LogP contribution in [0.2, 0.25) is 0 Å². The number of aromatic nitrogens is 3. The van der Waals surface area contributed by atoms with E-state index >= 15 is 0 Å². The van der Waals surface area contributed by atoms with Gasteiger partial charge in [-0.25, -0.2) is 4.68 Å². The molecule has 1 aromatic heterocycles. The smallest absolute Gasteiger partial charge is 0.255 e. The van der Waals surface area contributed by atoms with E-state index in [9.17, 15) is 4.79 Å². The molecular formula is C18H23N5O. The minimum absolute atomic E-state index is 0.105. The van der Waals surface area contributed by atoms with Crippen LogP contribution in [0.1, 0.15) is 37.9 Å². The number of rotatable bonds is 3. The molecule has 1 aliphatic heterocycles. The summed E-state index contributed by atoms with van der Waals surface area (Å²) < 4.78 is 1.79. The van der Waals surface area contributed by atoms with Gasteiger partial charge in [-0.1, -0.05) is 31.5 Å². The van der Waals surface area contributed by atoms with Gasteiger partial charge >= 0.3 is 0 Å². The molecule has 1 aliphatic rings. The summed E-state index contributed by atoms with van der Waals surface area (Å²) in [5.41, 5.74) is 4.57. The Balaban J connectivity index is 1.95. The van der Waals surface area contributed by atoms with Crippen LogP contribution in [0.5, 0.6) is 0 Å². The zero-order chi connectivity index (χ0) is 17.4. The number of allylic oxidation sites excluding steroid dienone is 1. The molecule has 6 heteroatoms. The van der Waals surface area contributed by atoms with Crippen LogP contribution in [-0.2, 0) is 4.79 Å². The number of hydrogen-bond acceptors (Lipinski definition) is 4. The van der Waals surface area contributed by atoms with Gasteiger partial charge < -0.3 is 10.6 Å². The molecule has 1 atom stereocenters. The lowest BCUT2D eigenvalue weighted by Crippen LogP contribution is -2.33. The maximum Gasteiger partial charge on any atom is 0.255 e. The van der Waals surface area contributed by atoms with Crippen molar-refractivity contribution in [1.29, 1.82) is 0 Å². The number of fused-ring (bicyclic) bond motifs is 1. The molecule has 24 heavy (non-hydrogen) atoms. The van der Waals surface area contributed by atoms with E-state index in [1.165, 1.54) is 11.9 Å². The molecule has 1 amide bonds. The first-order valence-corrected chi connectivity index (χ1v) is 8.14. The molecule has 6 nitrogen and oxygen atoms in total. The van der Waals surface area contributed by atoms with Gasteiger partial charge in [-0.3, -0.25) is 4.79 Å². The zero-order valence-electron chi connectivity index (χ0n) is 14.7. The highest BCUT2D eigenvalue weighted by molar-refractivity contribution is 6.05. The van der Waals surface area contributed by atoms with Gasteiger partial charge in [-0.15, -0.1) is 0 Å². The highest BCUT2D eigenvalue weighted by atomic mass is 16.1. The largest absolute Gasteiger partial charge is 0.328 e. The fourth-order valence-corrected chi connectivity index (χ4v) is 3.19. The van der Waals surface area contributed by atoms with Crippen LogP contribution in [0, 0.1) is 19.8 Å². The predicted octanol–water partition coefficient (Wildman–Crippen LogP) is 3.43. The summed E-state index contributed by atoms with van der Waals surface area (Å²) in [6, 6.07) is 5.86. The van der Waals surface area contributed by atoms with Crippen molar-refractivity contribution < 1.29 is 4.79 Å². The maximum absolute atomic E-state index is 13.0. The van der Waals surface area contributed by atoms with E-state index in [2.05, 4.69) is 40.6 Å². The molecule has 3 rings (SSSR count). The topological polar surface area (TPSA) is 71.8 Å². The van der Waals surface area contributed by atoms with Crippen molar-refractivity contribution in [3.05, 3.63) is 46.9 Å². The van der Waals surface area contributed by atoms with Gasteiger partial charge in [-0.05, 0) is 38.3 Å². The summed E-state index contributed by atoms with van der Waals surface area (Å²) in [7, 11) is 0. The van der Waals surface area contributed by atoms with Crippen molar-refractivity contribution in [3.63, 3.8) is 0 Å². The molecule has 0 radical (unpaired) electrons. The number of nitrogens with zero attached hydrogens (tertiary/aromatic N) is 3. The fourth-order valence-electron chi connectivity index (χ4n) is 3.19. The van der Waals surface area contributed by atoms with Crippen molar-refractivity contribution in [2.24, 2.45) is 5.92 Å². The Morgan fingerprint density at radius 1 is 1.29 bits per heavy atom. The first-order valence-electron chi connectivity index (χ1n) is 8.14. The Hall–Kier alpha value is -2.63. The molecule has 2 N–H and O–H groups in total. The Kier molecular flexibility index (Phi) is 4.13. The average Bonchev–Trinajstić information content (AvgIpc) is 2.95. The number of nitrogens with one attached hydrogen (secondary N) is 2. The lowest BCUT2D eigenvalue weighted by molar-refractivity contribution is -0.113. The average molecular weight is 325 g/mol. The number of aryl methyl sites for hydroxylation is 2. The summed E-state index contributed by atoms with van der Waals surface area (Å²) in [6.07, 6.45) is 1.51. The van der Waals surface area contributed by atoms with Gasteiger partial charge in [0.05, 0.1) is 11.6 Å². The van der Waals surface area contributed by atoms with Gasteiger partial charge in [0.2, 0.25) is 5.95 Å². The lowest BCUT2D eigenvalue weighted by atomic mass is 9.92. The van der Waals surface area contributed by atoms with Crippen molar-refractivity contribution in [3.8, 4) is 0 Å². The third-order valence-corrected chi connectivity index (χ3v) is 4.34. The molecule has 0 spiro atoms. The minimum Gasteiger partial charge on any atom is -0.328 e. The van der Waals surface area contributed by atoms with E-state index in [1.807, 2.05) is 32.9 Å². The predicted molar refractivity (Wildman–Crippen MR) is 94.8 cm³/mol. The Bertz CT molecular complexity index is 819. The summed E-state index contributed by atoms with van der Waals surface area (Å²) in [5, 5.41) is 10.5. The van der Waals surface area contributed by atoms with Gasteiger partial charge in [-0.2, -0.15) is 10.1 Å². The third kappa shape index (κ3) is 2.79. The highest BCUT2D eigenvalue weighted by Crippen LogP contribution is 2.35. The summed E-state index contributed by atoms with van der Waals surface area (Å²) >= 11 is 0. The lowest BCUT2D eigenvalue weighted by Gasteiger charge is -2.31. The van der Waals surface area contributed by atoms with Crippen LogP contribution in [-0.4, -0.2) is 20.7 Å². The van der Waals surface area contributed by atoms with E-state index in [4.69, 9.17) is 0 Å². The number of amides is 1. The second kappa shape index (κ2) is 6.11. The van der Waals surface area contributed by atoms with Crippen LogP contribution in [0.4, 0.5) is 11.6 Å². The molecule has 2 aromatic rings. The van der Waals surface area contributed by atoms with Gasteiger partial charge in [0.15, 0.2) is 0 Å². The van der Waals surface area contributed by atoms with Crippen LogP contribution in [0.3, 0.4) is 0 Å². The third-order valence-electron chi connectivity index (χ3n) is 4.34. The molecular weight excluding hydrogens is 302 g/mol. The van der Waals surface area contributed by atoms with Crippen molar-refractivity contribution in [2.45, 2.75) is 40.7 Å². The fraction of sp³-hybridized carbons (Fsp3) is 0.389. The number of carbonyl (C=O) groups excluding carboxylic acids is 1. The van der Waals surface area contributed by atoms with Crippen molar-refractivity contribution in [2.75, 3.05) is 10.6 Å². The standard InChI is InChI=1S/C18H23N5O/c1-10(2)16-15(13(5)21-18-19-9-20-23(16)18)17(24)22-14-7-6-11(3)8-12(14)4/h6-10,16H,1-5H3,(H,22,24)(H,19,20,21)/t16-/m1/s1. The second-order valence-corrected chi connectivity index (χ2v) is 6.65. The quantitative estimate of drug-likeness (QED) is 0.907. The molecule has 0 aliphatic carbocycles. The van der Waals surface area contributed by atoms with Crippen LogP contribution in [0.15, 0.2) is 35.8 Å². The Labute approximate surface area is 142 Å². The summed E-state index contributed by atoms with van der Waals surface area (Å²) in [6.45, 7) is 10.1. The Morgan fingerprint density at radius 2 is 2.04 bits per heavy atom. The second-order valence-electron chi connectivity index (χ2n) is 6.65. The van der Waals surface area contributed by atoms with Gasteiger partial charge in [0, 0.05) is 11.4 Å². The normalized spacial score (nSPS) is 16.8. The van der Waals surface area contributed by atoms with Crippen molar-refractivity contribution in [1.82, 2.24) is 14.8 Å². The van der Waals surface area contributed by atoms with Crippen LogP contribution in [0.25, 0.3) is 0 Å². The van der Waals surface area contributed by atoms with Crippen LogP contribution >= 0.6 is 0 Å². The number of carbonyl (C=O) groups is 1. The molecule has 0 unspecified atom stereocenters. The monoisotopic (exact) mass is 325 g/mol. The number of anilines is 2. The van der Waals surface area contributed by atoms with Crippen molar-refractivity contribution >= 4 is 17.5 Å². The molecule has 0 saturated carbocycles. The van der Waals surface area contributed by atoms with E-state index < -0.39 is 0 Å². The van der Waals surface area contributed by atoms with E-state index in [0.29, 0.717) is 11.5 Å². The highest BCUT2D eigenvalue weighted by Gasteiger charge is 2.34. The van der Waals surface area contributed by atoms with Gasteiger partial charge in [0.25, 0.3) is 5.91 Å². The maximum atomic E-state index is 13.0. The van der Waals surface area contributed by atoms with Crippen LogP contribution < -0.4 is 10.6 Å². The zero-order valence-corrected chi connectivity index (χ0v) is 14.7. The summed E-state index contributed by atoms with van der Waals surface area (Å²) in [5.74, 6) is 0.781. The molecule has 1 aromatic carbocycles. The van der Waals surface area contributed by atoms with E-state index in [1.54, 1.807) is 4.68 Å². The van der Waals surface area contributed by atoms with E-state index in [0.717, 1.165) is 16.9 Å². The molecule has 2 heterocycles. The SMILES string of the molecule is CC1=C(C(=O)Nc2ccc(C)cc2C)[C@@H](C(C)C)n2ncnc2N1.